The Bertz CT molecular complexity index is 748. The van der Waals surface area contributed by atoms with Crippen LogP contribution in [0.2, 0.25) is 0 Å². The number of hydrogen-bond acceptors (Lipinski definition) is 6. The summed E-state index contributed by atoms with van der Waals surface area (Å²) >= 11 is 0. The van der Waals surface area contributed by atoms with Gasteiger partial charge in [-0.1, -0.05) is 5.16 Å². The molecule has 0 spiro atoms. The van der Waals surface area contributed by atoms with Crippen molar-refractivity contribution >= 4 is 29.9 Å². The van der Waals surface area contributed by atoms with Crippen LogP contribution in [0, 0.1) is 13.8 Å². The van der Waals surface area contributed by atoms with E-state index in [0.29, 0.717) is 30.6 Å². The number of benzene rings is 1. The van der Waals surface area contributed by atoms with E-state index in [1.807, 2.05) is 31.0 Å². The summed E-state index contributed by atoms with van der Waals surface area (Å²) in [6.45, 7) is 4.91. The van der Waals surface area contributed by atoms with Gasteiger partial charge < -0.3 is 24.2 Å². The summed E-state index contributed by atoms with van der Waals surface area (Å²) in [6.07, 6.45) is 0. The van der Waals surface area contributed by atoms with Crippen molar-refractivity contribution in [1.82, 2.24) is 20.4 Å². The summed E-state index contributed by atoms with van der Waals surface area (Å²) in [5.41, 5.74) is 2.24. The molecule has 0 aliphatic rings. The highest BCUT2D eigenvalue weighted by atomic mass is 127. The van der Waals surface area contributed by atoms with Gasteiger partial charge in [0.15, 0.2) is 23.3 Å². The van der Waals surface area contributed by atoms with E-state index < -0.39 is 0 Å². The lowest BCUT2D eigenvalue weighted by Gasteiger charge is -2.23. The Labute approximate surface area is 171 Å². The van der Waals surface area contributed by atoms with Gasteiger partial charge in [0.1, 0.15) is 0 Å². The molecule has 0 bridgehead atoms. The number of methoxy groups -OCH3 is 2. The van der Waals surface area contributed by atoms with Crippen LogP contribution in [0.15, 0.2) is 21.6 Å². The molecule has 2 aromatic rings. The van der Waals surface area contributed by atoms with Crippen LogP contribution in [0.25, 0.3) is 0 Å². The van der Waals surface area contributed by atoms with Gasteiger partial charge in [0.05, 0.1) is 20.8 Å². The van der Waals surface area contributed by atoms with Crippen molar-refractivity contribution in [2.75, 3.05) is 28.3 Å². The predicted octanol–water partition coefficient (Wildman–Crippen LogP) is 2.53. The third-order valence-electron chi connectivity index (χ3n) is 3.80. The monoisotopic (exact) mass is 475 g/mol. The largest absolute Gasteiger partial charge is 0.493 e. The fraction of sp³-hybridized carbons (Fsp3) is 0.471. The van der Waals surface area contributed by atoms with Crippen molar-refractivity contribution < 1.29 is 14.0 Å². The van der Waals surface area contributed by atoms with Crippen LogP contribution in [0.5, 0.6) is 11.5 Å². The maximum atomic E-state index is 5.39. The zero-order valence-corrected chi connectivity index (χ0v) is 18.3. The smallest absolute Gasteiger partial charge is 0.223 e. The normalized spacial score (nSPS) is 10.9. The molecule has 0 aliphatic carbocycles. The van der Waals surface area contributed by atoms with Gasteiger partial charge in [-0.25, -0.2) is 0 Å². The Balaban J connectivity index is 0.00000338. The van der Waals surface area contributed by atoms with Crippen molar-refractivity contribution in [2.45, 2.75) is 26.9 Å². The average Bonchev–Trinajstić information content (AvgIpc) is 3.02. The van der Waals surface area contributed by atoms with Crippen LogP contribution < -0.4 is 14.8 Å². The standard InChI is InChI=1S/C17H25N5O3.HI/c1-11-7-14(23-5)15(24-6)8-13(11)10-22(4)17(18-3)19-9-16-20-12(2)25-21-16;/h7-8H,9-10H2,1-6H3,(H,18,19);1H. The first kappa shape index (κ1) is 22.0. The first-order valence-electron chi connectivity index (χ1n) is 7.91. The number of guanidine groups is 1. The molecule has 1 aromatic heterocycles. The second-order valence-electron chi connectivity index (χ2n) is 5.62. The van der Waals surface area contributed by atoms with Crippen LogP contribution in [0.1, 0.15) is 22.8 Å². The van der Waals surface area contributed by atoms with E-state index in [9.17, 15) is 0 Å². The van der Waals surface area contributed by atoms with Gasteiger partial charge in [0.2, 0.25) is 5.89 Å². The second-order valence-corrected chi connectivity index (χ2v) is 5.62. The molecule has 8 nitrogen and oxygen atoms in total. The Hall–Kier alpha value is -2.04. The molecule has 0 amide bonds. The summed E-state index contributed by atoms with van der Waals surface area (Å²) in [7, 11) is 6.97. The first-order chi connectivity index (χ1) is 12.0. The van der Waals surface area contributed by atoms with E-state index in [-0.39, 0.29) is 24.0 Å². The highest BCUT2D eigenvalue weighted by Crippen LogP contribution is 2.30. The van der Waals surface area contributed by atoms with Crippen LogP contribution in [0.4, 0.5) is 0 Å². The Kier molecular flexibility index (Phi) is 8.62. The maximum absolute atomic E-state index is 5.39. The van der Waals surface area contributed by atoms with Gasteiger partial charge in [0.25, 0.3) is 0 Å². The molecular formula is C17H26IN5O3. The highest BCUT2D eigenvalue weighted by Gasteiger charge is 2.13. The molecule has 0 saturated carbocycles. The topological polar surface area (TPSA) is 85.0 Å². The van der Waals surface area contributed by atoms with E-state index in [0.717, 1.165) is 22.8 Å². The molecule has 0 saturated heterocycles. The summed E-state index contributed by atoms with van der Waals surface area (Å²) in [4.78, 5) is 10.5. The second kappa shape index (κ2) is 10.2. The Morgan fingerprint density at radius 1 is 1.23 bits per heavy atom. The van der Waals surface area contributed by atoms with E-state index in [1.165, 1.54) is 0 Å². The number of rotatable bonds is 6. The zero-order chi connectivity index (χ0) is 18.4. The lowest BCUT2D eigenvalue weighted by Crippen LogP contribution is -2.38. The molecular weight excluding hydrogens is 449 g/mol. The Morgan fingerprint density at radius 2 is 1.88 bits per heavy atom. The minimum atomic E-state index is 0. The van der Waals surface area contributed by atoms with Crippen molar-refractivity contribution in [3.63, 3.8) is 0 Å². The molecule has 9 heteroatoms. The number of aromatic nitrogens is 2. The summed E-state index contributed by atoms with van der Waals surface area (Å²) in [5, 5.41) is 7.09. The third kappa shape index (κ3) is 5.48. The fourth-order valence-electron chi connectivity index (χ4n) is 2.48. The zero-order valence-electron chi connectivity index (χ0n) is 16.0. The number of nitrogens with one attached hydrogen (secondary N) is 1. The Morgan fingerprint density at radius 3 is 2.42 bits per heavy atom. The number of hydrogen-bond donors (Lipinski definition) is 1. The maximum Gasteiger partial charge on any atom is 0.223 e. The molecule has 0 unspecified atom stereocenters. The minimum Gasteiger partial charge on any atom is -0.493 e. The molecule has 1 aromatic carbocycles. The number of nitrogens with zero attached hydrogens (tertiary/aromatic N) is 4. The third-order valence-corrected chi connectivity index (χ3v) is 3.80. The van der Waals surface area contributed by atoms with Crippen LogP contribution >= 0.6 is 24.0 Å². The molecule has 2 rings (SSSR count). The van der Waals surface area contributed by atoms with Gasteiger partial charge in [-0.15, -0.1) is 24.0 Å². The van der Waals surface area contributed by atoms with Gasteiger partial charge in [-0.2, -0.15) is 4.98 Å². The molecule has 1 heterocycles. The van der Waals surface area contributed by atoms with Gasteiger partial charge >= 0.3 is 0 Å². The van der Waals surface area contributed by atoms with Crippen LogP contribution in [0.3, 0.4) is 0 Å². The molecule has 0 atom stereocenters. The molecule has 0 aliphatic heterocycles. The fourth-order valence-corrected chi connectivity index (χ4v) is 2.48. The van der Waals surface area contributed by atoms with Crippen molar-refractivity contribution in [1.29, 1.82) is 0 Å². The van der Waals surface area contributed by atoms with E-state index in [1.54, 1.807) is 28.2 Å². The molecule has 26 heavy (non-hydrogen) atoms. The van der Waals surface area contributed by atoms with Gasteiger partial charge in [-0.3, -0.25) is 4.99 Å². The lowest BCUT2D eigenvalue weighted by atomic mass is 10.1. The van der Waals surface area contributed by atoms with E-state index in [4.69, 9.17) is 14.0 Å². The highest BCUT2D eigenvalue weighted by molar-refractivity contribution is 14.0. The van der Waals surface area contributed by atoms with Gasteiger partial charge in [-0.05, 0) is 30.2 Å². The molecule has 0 fully saturated rings. The minimum absolute atomic E-state index is 0. The molecule has 0 radical (unpaired) electrons. The summed E-state index contributed by atoms with van der Waals surface area (Å²) < 4.78 is 15.7. The summed E-state index contributed by atoms with van der Waals surface area (Å²) in [5.74, 6) is 3.30. The SMILES string of the molecule is CN=C(NCc1noc(C)n1)N(C)Cc1cc(OC)c(OC)cc1C.I. The number of aliphatic imine (C=N–C) groups is 1. The molecule has 144 valence electrons. The van der Waals surface area contributed by atoms with E-state index >= 15 is 0 Å². The van der Waals surface area contributed by atoms with Crippen molar-refractivity contribution in [3.8, 4) is 11.5 Å². The average molecular weight is 475 g/mol. The number of aryl methyl sites for hydroxylation is 2. The summed E-state index contributed by atoms with van der Waals surface area (Å²) in [6, 6.07) is 3.96. The van der Waals surface area contributed by atoms with Crippen LogP contribution in [-0.4, -0.2) is 49.3 Å². The number of halogens is 1. The van der Waals surface area contributed by atoms with Crippen molar-refractivity contribution in [3.05, 3.63) is 35.0 Å². The lowest BCUT2D eigenvalue weighted by molar-refractivity contribution is 0.353. The first-order valence-corrected chi connectivity index (χ1v) is 7.91. The van der Waals surface area contributed by atoms with Gasteiger partial charge in [0, 0.05) is 27.6 Å². The molecule has 1 N–H and O–H groups in total. The van der Waals surface area contributed by atoms with E-state index in [2.05, 4.69) is 20.4 Å². The quantitative estimate of drug-likeness (QED) is 0.391. The number of ether oxygens (including phenoxy) is 2. The predicted molar refractivity (Wildman–Crippen MR) is 110 cm³/mol. The van der Waals surface area contributed by atoms with Crippen LogP contribution in [-0.2, 0) is 13.1 Å². The van der Waals surface area contributed by atoms with Crippen molar-refractivity contribution in [2.24, 2.45) is 4.99 Å².